The molecule has 0 amide bonds. The highest BCUT2D eigenvalue weighted by molar-refractivity contribution is 7.97. The average molecular weight is 298 g/mol. The second-order valence-corrected chi connectivity index (χ2v) is 6.31. The van der Waals surface area contributed by atoms with Gasteiger partial charge in [0, 0.05) is 17.5 Å². The van der Waals surface area contributed by atoms with Crippen LogP contribution in [-0.2, 0) is 11.5 Å². The molecule has 0 atom stereocenters. The Morgan fingerprint density at radius 2 is 1.81 bits per heavy atom. The molecule has 0 bridgehead atoms. The number of hydrogen-bond donors (Lipinski definition) is 1. The van der Waals surface area contributed by atoms with Crippen molar-refractivity contribution in [3.63, 3.8) is 0 Å². The minimum absolute atomic E-state index is 0.702. The lowest BCUT2D eigenvalue weighted by Gasteiger charge is -2.03. The summed E-state index contributed by atoms with van der Waals surface area (Å²) in [6.45, 7) is 4.26. The van der Waals surface area contributed by atoms with Crippen LogP contribution in [0.1, 0.15) is 22.6 Å². The molecule has 1 heterocycles. The smallest absolute Gasteiger partial charge is 0.205 e. The van der Waals surface area contributed by atoms with Crippen molar-refractivity contribution in [3.8, 4) is 0 Å². The second kappa shape index (κ2) is 5.82. The van der Waals surface area contributed by atoms with Crippen molar-refractivity contribution in [2.24, 2.45) is 0 Å². The Morgan fingerprint density at radius 3 is 2.57 bits per heavy atom. The van der Waals surface area contributed by atoms with Gasteiger partial charge in [0.25, 0.3) is 0 Å². The summed E-state index contributed by atoms with van der Waals surface area (Å²) in [5, 5.41) is 0. The molecular formula is C17H18N2OS. The summed E-state index contributed by atoms with van der Waals surface area (Å²) in [7, 11) is 0. The fourth-order valence-corrected chi connectivity index (χ4v) is 3.26. The summed E-state index contributed by atoms with van der Waals surface area (Å²) in [6, 6.07) is 12.2. The summed E-state index contributed by atoms with van der Waals surface area (Å²) in [5.41, 5.74) is 12.0. The van der Waals surface area contributed by atoms with Crippen LogP contribution in [0.4, 0.5) is 5.69 Å². The number of fused-ring (bicyclic) bond motifs is 1. The molecule has 0 saturated carbocycles. The van der Waals surface area contributed by atoms with Crippen LogP contribution in [0.15, 0.2) is 40.8 Å². The van der Waals surface area contributed by atoms with Gasteiger partial charge in [0.2, 0.25) is 5.89 Å². The van der Waals surface area contributed by atoms with Gasteiger partial charge in [-0.05, 0) is 31.5 Å². The number of aryl methyl sites for hydroxylation is 2. The van der Waals surface area contributed by atoms with E-state index in [0.717, 1.165) is 28.5 Å². The van der Waals surface area contributed by atoms with Gasteiger partial charge in [0.1, 0.15) is 5.52 Å². The van der Waals surface area contributed by atoms with Gasteiger partial charge in [0.15, 0.2) is 5.58 Å². The van der Waals surface area contributed by atoms with Crippen LogP contribution in [0.5, 0.6) is 0 Å². The molecule has 0 radical (unpaired) electrons. The van der Waals surface area contributed by atoms with Crippen molar-refractivity contribution in [2.75, 3.05) is 5.73 Å². The number of nitrogens with zero attached hydrogens (tertiary/aromatic N) is 1. The van der Waals surface area contributed by atoms with Crippen molar-refractivity contribution in [1.82, 2.24) is 4.98 Å². The van der Waals surface area contributed by atoms with Gasteiger partial charge in [-0.15, -0.1) is 11.8 Å². The Bertz CT molecular complexity index is 759. The Kier molecular flexibility index (Phi) is 3.88. The maximum Gasteiger partial charge on any atom is 0.205 e. The van der Waals surface area contributed by atoms with Gasteiger partial charge >= 0.3 is 0 Å². The third-order valence-corrected chi connectivity index (χ3v) is 4.22. The fraction of sp³-hybridized carbons (Fsp3) is 0.235. The predicted molar refractivity (Wildman–Crippen MR) is 89.3 cm³/mol. The van der Waals surface area contributed by atoms with Gasteiger partial charge in [-0.3, -0.25) is 0 Å². The molecule has 0 aliphatic carbocycles. The van der Waals surface area contributed by atoms with Crippen molar-refractivity contribution in [3.05, 3.63) is 59.0 Å². The van der Waals surface area contributed by atoms with Gasteiger partial charge < -0.3 is 10.2 Å². The highest BCUT2D eigenvalue weighted by Crippen LogP contribution is 2.23. The van der Waals surface area contributed by atoms with Gasteiger partial charge in [-0.2, -0.15) is 0 Å². The Labute approximate surface area is 128 Å². The summed E-state index contributed by atoms with van der Waals surface area (Å²) < 4.78 is 5.72. The van der Waals surface area contributed by atoms with E-state index in [4.69, 9.17) is 10.2 Å². The van der Waals surface area contributed by atoms with Crippen molar-refractivity contribution >= 4 is 28.5 Å². The molecule has 0 unspecified atom stereocenters. The first-order chi connectivity index (χ1) is 10.1. The number of oxazole rings is 1. The van der Waals surface area contributed by atoms with Crippen molar-refractivity contribution in [1.29, 1.82) is 0 Å². The van der Waals surface area contributed by atoms with Crippen LogP contribution < -0.4 is 5.73 Å². The van der Waals surface area contributed by atoms with Crippen molar-refractivity contribution in [2.45, 2.75) is 25.4 Å². The molecule has 1 aromatic heterocycles. The molecule has 4 heteroatoms. The van der Waals surface area contributed by atoms with E-state index >= 15 is 0 Å². The topological polar surface area (TPSA) is 52.0 Å². The number of nitrogen functional groups attached to an aromatic ring is 1. The number of aromatic nitrogens is 1. The summed E-state index contributed by atoms with van der Waals surface area (Å²) in [5.74, 6) is 2.48. The second-order valence-electron chi connectivity index (χ2n) is 5.32. The Morgan fingerprint density at radius 1 is 1.05 bits per heavy atom. The molecule has 108 valence electrons. The van der Waals surface area contributed by atoms with Crippen LogP contribution in [0, 0.1) is 13.8 Å². The van der Waals surface area contributed by atoms with E-state index in [1.54, 1.807) is 0 Å². The maximum atomic E-state index is 5.74. The zero-order chi connectivity index (χ0) is 14.8. The molecule has 3 nitrogen and oxygen atoms in total. The van der Waals surface area contributed by atoms with Crippen LogP contribution in [-0.4, -0.2) is 4.98 Å². The van der Waals surface area contributed by atoms with E-state index in [2.05, 4.69) is 37.0 Å². The molecule has 3 rings (SSSR count). The number of hydrogen-bond acceptors (Lipinski definition) is 4. The quantitative estimate of drug-likeness (QED) is 0.722. The molecule has 0 aliphatic rings. The lowest BCUT2D eigenvalue weighted by Crippen LogP contribution is -1.86. The van der Waals surface area contributed by atoms with E-state index in [-0.39, 0.29) is 0 Å². The number of nitrogens with two attached hydrogens (primary N) is 1. The molecule has 0 aliphatic heterocycles. The molecular weight excluding hydrogens is 280 g/mol. The number of anilines is 1. The van der Waals surface area contributed by atoms with E-state index in [1.807, 2.05) is 30.0 Å². The third kappa shape index (κ3) is 3.39. The fourth-order valence-electron chi connectivity index (χ4n) is 2.46. The molecule has 0 fully saturated rings. The highest BCUT2D eigenvalue weighted by Gasteiger charge is 2.06. The molecule has 0 spiro atoms. The predicted octanol–water partition coefficient (Wildman–Crippen LogP) is 4.46. The van der Waals surface area contributed by atoms with Gasteiger partial charge in [0.05, 0.1) is 5.75 Å². The number of thioether (sulfide) groups is 1. The molecule has 2 N–H and O–H groups in total. The van der Waals surface area contributed by atoms with Crippen LogP contribution in [0.2, 0.25) is 0 Å². The molecule has 3 aromatic rings. The number of rotatable bonds is 4. The first kappa shape index (κ1) is 14.0. The minimum atomic E-state index is 0.702. The van der Waals surface area contributed by atoms with Crippen molar-refractivity contribution < 1.29 is 4.42 Å². The van der Waals surface area contributed by atoms with Gasteiger partial charge in [-0.1, -0.05) is 29.3 Å². The standard InChI is InChI=1S/C17H18N2OS/c1-11-5-12(2)7-13(6-11)9-21-10-17-19-15-4-3-14(18)8-16(15)20-17/h3-8H,9-10,18H2,1-2H3. The first-order valence-corrected chi connectivity index (χ1v) is 8.05. The number of benzene rings is 2. The molecule has 21 heavy (non-hydrogen) atoms. The van der Waals surface area contributed by atoms with Crippen LogP contribution >= 0.6 is 11.8 Å². The van der Waals surface area contributed by atoms with Crippen LogP contribution in [0.25, 0.3) is 11.1 Å². The van der Waals surface area contributed by atoms with Gasteiger partial charge in [-0.25, -0.2) is 4.98 Å². The lowest BCUT2D eigenvalue weighted by atomic mass is 10.1. The first-order valence-electron chi connectivity index (χ1n) is 6.90. The normalized spacial score (nSPS) is 11.1. The summed E-state index contributed by atoms with van der Waals surface area (Å²) in [4.78, 5) is 4.48. The minimum Gasteiger partial charge on any atom is -0.440 e. The van der Waals surface area contributed by atoms with E-state index in [9.17, 15) is 0 Å². The monoisotopic (exact) mass is 298 g/mol. The Hall–Kier alpha value is -1.94. The third-order valence-electron chi connectivity index (χ3n) is 3.23. The molecule has 0 saturated heterocycles. The highest BCUT2D eigenvalue weighted by atomic mass is 32.2. The van der Waals surface area contributed by atoms with E-state index in [0.29, 0.717) is 5.69 Å². The van der Waals surface area contributed by atoms with Crippen LogP contribution in [0.3, 0.4) is 0 Å². The molecule has 2 aromatic carbocycles. The lowest BCUT2D eigenvalue weighted by molar-refractivity contribution is 0.556. The largest absolute Gasteiger partial charge is 0.440 e. The summed E-state index contributed by atoms with van der Waals surface area (Å²) in [6.07, 6.45) is 0. The zero-order valence-corrected chi connectivity index (χ0v) is 13.0. The SMILES string of the molecule is Cc1cc(C)cc(CSCc2nc3ccc(N)cc3o2)c1. The van der Waals surface area contributed by atoms with E-state index < -0.39 is 0 Å². The Balaban J connectivity index is 1.66. The average Bonchev–Trinajstić information content (AvgIpc) is 2.79. The van der Waals surface area contributed by atoms with E-state index in [1.165, 1.54) is 16.7 Å². The maximum absolute atomic E-state index is 5.74. The summed E-state index contributed by atoms with van der Waals surface area (Å²) >= 11 is 1.81. The zero-order valence-electron chi connectivity index (χ0n) is 12.2.